The molecule has 1 aliphatic rings. The molecule has 0 bridgehead atoms. The highest BCUT2D eigenvalue weighted by Crippen LogP contribution is 2.21. The van der Waals surface area contributed by atoms with Crippen LogP contribution >= 0.6 is 0 Å². The number of ether oxygens (including phenoxy) is 2. The molecule has 0 saturated carbocycles. The Hall–Kier alpha value is -2.17. The van der Waals surface area contributed by atoms with Gasteiger partial charge in [0.05, 0.1) is 25.0 Å². The van der Waals surface area contributed by atoms with Crippen LogP contribution in [0, 0.1) is 0 Å². The largest absolute Gasteiger partial charge is 0.465 e. The maximum Gasteiger partial charge on any atom is 0.337 e. The van der Waals surface area contributed by atoms with Crippen LogP contribution in [-0.2, 0) is 14.3 Å². The highest BCUT2D eigenvalue weighted by Gasteiger charge is 2.37. The normalized spacial score (nSPS) is 16.8. The minimum Gasteiger partial charge on any atom is -0.465 e. The van der Waals surface area contributed by atoms with E-state index in [9.17, 15) is 9.59 Å². The summed E-state index contributed by atoms with van der Waals surface area (Å²) in [6.07, 6.45) is 0. The number of methoxy groups -OCH3 is 1. The van der Waals surface area contributed by atoms with Crippen LogP contribution in [0.5, 0.6) is 0 Å². The average molecular weight is 247 g/mol. The van der Waals surface area contributed by atoms with Gasteiger partial charge in [0.15, 0.2) is 6.04 Å². The molecule has 1 aliphatic heterocycles. The van der Waals surface area contributed by atoms with Gasteiger partial charge in [-0.05, 0) is 24.6 Å². The summed E-state index contributed by atoms with van der Waals surface area (Å²) in [4.78, 5) is 26.7. The lowest BCUT2D eigenvalue weighted by molar-refractivity contribution is -0.142. The fourth-order valence-corrected chi connectivity index (χ4v) is 1.61. The molecule has 0 saturated heterocycles. The first-order valence-electron chi connectivity index (χ1n) is 5.60. The van der Waals surface area contributed by atoms with Crippen LogP contribution in [0.25, 0.3) is 0 Å². The number of benzene rings is 1. The first-order chi connectivity index (χ1) is 8.67. The summed E-state index contributed by atoms with van der Waals surface area (Å²) >= 11 is 0. The van der Waals surface area contributed by atoms with Crippen molar-refractivity contribution in [3.63, 3.8) is 0 Å². The number of esters is 2. The Morgan fingerprint density at radius 3 is 2.50 bits per heavy atom. The molecule has 1 atom stereocenters. The Balaban J connectivity index is 2.02. The summed E-state index contributed by atoms with van der Waals surface area (Å²) in [5, 5.41) is 0. The van der Waals surface area contributed by atoms with Crippen LogP contribution in [0.3, 0.4) is 0 Å². The number of rotatable bonds is 4. The SMILES string of the molecule is CCOC(=O)C1N=C1c1ccc(C(=O)OC)cc1. The Bertz CT molecular complexity index is 504. The second kappa shape index (κ2) is 5.00. The van der Waals surface area contributed by atoms with E-state index in [-0.39, 0.29) is 11.9 Å². The molecule has 0 radical (unpaired) electrons. The van der Waals surface area contributed by atoms with Gasteiger partial charge < -0.3 is 9.47 Å². The zero-order chi connectivity index (χ0) is 13.1. The van der Waals surface area contributed by atoms with Crippen molar-refractivity contribution in [3.8, 4) is 0 Å². The molecular formula is C13H13NO4. The fourth-order valence-electron chi connectivity index (χ4n) is 1.61. The summed E-state index contributed by atoms with van der Waals surface area (Å²) in [5.74, 6) is -0.717. The molecular weight excluding hydrogens is 234 g/mol. The number of aliphatic imine (C=N–C) groups is 1. The van der Waals surface area contributed by atoms with Crippen LogP contribution in [-0.4, -0.2) is 37.4 Å². The number of hydrogen-bond donors (Lipinski definition) is 0. The van der Waals surface area contributed by atoms with E-state index in [4.69, 9.17) is 4.74 Å². The van der Waals surface area contributed by atoms with E-state index >= 15 is 0 Å². The summed E-state index contributed by atoms with van der Waals surface area (Å²) in [6.45, 7) is 2.10. The van der Waals surface area contributed by atoms with E-state index in [2.05, 4.69) is 9.73 Å². The van der Waals surface area contributed by atoms with Gasteiger partial charge in [-0.15, -0.1) is 0 Å². The quantitative estimate of drug-likeness (QED) is 0.750. The van der Waals surface area contributed by atoms with Crippen LogP contribution in [0.1, 0.15) is 22.8 Å². The summed E-state index contributed by atoms with van der Waals surface area (Å²) in [7, 11) is 1.33. The molecule has 0 amide bonds. The standard InChI is InChI=1S/C13H13NO4/c1-3-18-13(16)11-10(14-11)8-4-6-9(7-5-8)12(15)17-2/h4-7,11H,3H2,1-2H3. The Labute approximate surface area is 104 Å². The van der Waals surface area contributed by atoms with Gasteiger partial charge in [0.2, 0.25) is 0 Å². The molecule has 5 heteroatoms. The van der Waals surface area contributed by atoms with Crippen molar-refractivity contribution in [2.45, 2.75) is 13.0 Å². The lowest BCUT2D eigenvalue weighted by Crippen LogP contribution is -2.16. The molecule has 0 N–H and O–H groups in total. The third-order valence-electron chi connectivity index (χ3n) is 2.57. The van der Waals surface area contributed by atoms with Crippen molar-refractivity contribution in [1.29, 1.82) is 0 Å². The molecule has 5 nitrogen and oxygen atoms in total. The fraction of sp³-hybridized carbons (Fsp3) is 0.308. The molecule has 94 valence electrons. The highest BCUT2D eigenvalue weighted by atomic mass is 16.5. The van der Waals surface area contributed by atoms with Crippen LogP contribution in [0.15, 0.2) is 29.3 Å². The number of nitrogens with zero attached hydrogens (tertiary/aromatic N) is 1. The molecule has 1 aromatic rings. The van der Waals surface area contributed by atoms with Crippen molar-refractivity contribution in [3.05, 3.63) is 35.4 Å². The highest BCUT2D eigenvalue weighted by molar-refractivity contribution is 6.24. The lowest BCUT2D eigenvalue weighted by atomic mass is 10.1. The predicted octanol–water partition coefficient (Wildman–Crippen LogP) is 1.21. The second-order valence-electron chi connectivity index (χ2n) is 3.74. The van der Waals surface area contributed by atoms with Crippen molar-refractivity contribution in [2.75, 3.05) is 13.7 Å². The molecule has 1 heterocycles. The third-order valence-corrected chi connectivity index (χ3v) is 2.57. The Morgan fingerprint density at radius 2 is 1.94 bits per heavy atom. The van der Waals surface area contributed by atoms with Gasteiger partial charge in [-0.1, -0.05) is 12.1 Å². The molecule has 0 aromatic heterocycles. The first-order valence-corrected chi connectivity index (χ1v) is 5.60. The van der Waals surface area contributed by atoms with Gasteiger partial charge in [0, 0.05) is 0 Å². The van der Waals surface area contributed by atoms with Crippen LogP contribution in [0.2, 0.25) is 0 Å². The van der Waals surface area contributed by atoms with E-state index in [1.54, 1.807) is 31.2 Å². The van der Waals surface area contributed by atoms with E-state index in [0.717, 1.165) is 5.56 Å². The zero-order valence-electron chi connectivity index (χ0n) is 10.2. The van der Waals surface area contributed by atoms with Gasteiger partial charge in [-0.3, -0.25) is 4.99 Å². The minimum atomic E-state index is -0.478. The van der Waals surface area contributed by atoms with Gasteiger partial charge in [-0.2, -0.15) is 0 Å². The lowest BCUT2D eigenvalue weighted by Gasteiger charge is -2.01. The molecule has 1 aromatic carbocycles. The Morgan fingerprint density at radius 1 is 1.28 bits per heavy atom. The van der Waals surface area contributed by atoms with Crippen molar-refractivity contribution in [2.24, 2.45) is 4.99 Å². The van der Waals surface area contributed by atoms with E-state index in [0.29, 0.717) is 17.9 Å². The summed E-state index contributed by atoms with van der Waals surface area (Å²) in [6, 6.07) is 6.29. The molecule has 0 fully saturated rings. The van der Waals surface area contributed by atoms with E-state index in [1.165, 1.54) is 7.11 Å². The monoisotopic (exact) mass is 247 g/mol. The predicted molar refractivity (Wildman–Crippen MR) is 64.7 cm³/mol. The molecule has 0 spiro atoms. The van der Waals surface area contributed by atoms with Gasteiger partial charge in [0.1, 0.15) is 0 Å². The van der Waals surface area contributed by atoms with E-state index < -0.39 is 6.04 Å². The Kier molecular flexibility index (Phi) is 3.41. The van der Waals surface area contributed by atoms with Crippen LogP contribution in [0.4, 0.5) is 0 Å². The molecule has 0 aliphatic carbocycles. The summed E-state index contributed by atoms with van der Waals surface area (Å²) < 4.78 is 9.47. The van der Waals surface area contributed by atoms with Crippen molar-refractivity contribution in [1.82, 2.24) is 0 Å². The van der Waals surface area contributed by atoms with Crippen LogP contribution < -0.4 is 0 Å². The topological polar surface area (TPSA) is 65.0 Å². The van der Waals surface area contributed by atoms with Gasteiger partial charge >= 0.3 is 11.9 Å². The number of hydrogen-bond acceptors (Lipinski definition) is 5. The minimum absolute atomic E-state index is 0.329. The maximum absolute atomic E-state index is 11.4. The van der Waals surface area contributed by atoms with Crippen molar-refractivity contribution >= 4 is 17.7 Å². The third kappa shape index (κ3) is 2.40. The van der Waals surface area contributed by atoms with Crippen molar-refractivity contribution < 1.29 is 19.1 Å². The number of carbonyl (C=O) groups is 2. The second-order valence-corrected chi connectivity index (χ2v) is 3.74. The molecule has 18 heavy (non-hydrogen) atoms. The molecule has 2 rings (SSSR count). The van der Waals surface area contributed by atoms with Gasteiger partial charge in [-0.25, -0.2) is 9.59 Å². The number of carbonyl (C=O) groups excluding carboxylic acids is 2. The smallest absolute Gasteiger partial charge is 0.337 e. The maximum atomic E-state index is 11.4. The van der Waals surface area contributed by atoms with E-state index in [1.807, 2.05) is 0 Å². The molecule has 1 unspecified atom stereocenters. The first kappa shape index (κ1) is 12.3. The average Bonchev–Trinajstić information content (AvgIpc) is 3.18. The summed E-state index contributed by atoms with van der Waals surface area (Å²) in [5.41, 5.74) is 1.99. The van der Waals surface area contributed by atoms with Gasteiger partial charge in [0.25, 0.3) is 0 Å². The zero-order valence-corrected chi connectivity index (χ0v) is 10.2.